The Morgan fingerprint density at radius 2 is 0.845 bits per heavy atom. The highest BCUT2D eigenvalue weighted by molar-refractivity contribution is 5.77. The summed E-state index contributed by atoms with van der Waals surface area (Å²) >= 11 is 0. The fraction of sp³-hybridized carbons (Fsp3) is 0.885. The first-order valence-corrected chi connectivity index (χ1v) is 25.6. The van der Waals surface area contributed by atoms with E-state index in [1.165, 1.54) is 154 Å². The van der Waals surface area contributed by atoms with Crippen molar-refractivity contribution in [2.75, 3.05) is 6.61 Å². The standard InChI is InChI=1S/C52H99NO5/c1-4-7-10-13-16-19-22-24-25-26-27-29-31-34-37-40-43-48(58-52(57)45-42-39-36-33-28-21-18-15-12-9-6-3)46-51(56)53-49(47-54)50(55)44-41-38-35-32-30-23-20-17-14-11-8-5-2/h15,18,27,29,48-50,54-55H,4-14,16-17,19-26,28,30-47H2,1-3H3,(H,53,56)/b18-15-,29-27+. The first kappa shape index (κ1) is 56.3. The predicted molar refractivity (Wildman–Crippen MR) is 250 cm³/mol. The number of amides is 1. The third-order valence-corrected chi connectivity index (χ3v) is 11.8. The summed E-state index contributed by atoms with van der Waals surface area (Å²) in [5, 5.41) is 23.7. The summed E-state index contributed by atoms with van der Waals surface area (Å²) in [6, 6.07) is -0.703. The van der Waals surface area contributed by atoms with Crippen LogP contribution in [0.15, 0.2) is 24.3 Å². The van der Waals surface area contributed by atoms with E-state index in [0.717, 1.165) is 70.6 Å². The van der Waals surface area contributed by atoms with Gasteiger partial charge in [-0.3, -0.25) is 9.59 Å². The number of hydrogen-bond donors (Lipinski definition) is 3. The second-order valence-electron chi connectivity index (χ2n) is 17.6. The van der Waals surface area contributed by atoms with Crippen LogP contribution in [0.1, 0.15) is 271 Å². The van der Waals surface area contributed by atoms with E-state index in [4.69, 9.17) is 4.74 Å². The molecule has 6 nitrogen and oxygen atoms in total. The van der Waals surface area contributed by atoms with Gasteiger partial charge in [0, 0.05) is 6.42 Å². The van der Waals surface area contributed by atoms with Crippen molar-refractivity contribution in [1.29, 1.82) is 0 Å². The molecular weight excluding hydrogens is 719 g/mol. The summed E-state index contributed by atoms with van der Waals surface area (Å²) < 4.78 is 5.91. The van der Waals surface area contributed by atoms with E-state index in [-0.39, 0.29) is 24.9 Å². The smallest absolute Gasteiger partial charge is 0.306 e. The van der Waals surface area contributed by atoms with Gasteiger partial charge in [-0.1, -0.05) is 212 Å². The Morgan fingerprint density at radius 1 is 0.483 bits per heavy atom. The Balaban J connectivity index is 4.58. The average Bonchev–Trinajstić information content (AvgIpc) is 3.22. The van der Waals surface area contributed by atoms with Gasteiger partial charge in [0.15, 0.2) is 0 Å². The number of unbranched alkanes of at least 4 members (excludes halogenated alkanes) is 30. The summed E-state index contributed by atoms with van der Waals surface area (Å²) in [5.74, 6) is -0.490. The maximum atomic E-state index is 13.2. The van der Waals surface area contributed by atoms with E-state index >= 15 is 0 Å². The van der Waals surface area contributed by atoms with Gasteiger partial charge in [-0.15, -0.1) is 0 Å². The first-order chi connectivity index (χ1) is 28.5. The Labute approximate surface area is 361 Å². The van der Waals surface area contributed by atoms with Crippen LogP contribution in [-0.2, 0) is 14.3 Å². The molecule has 0 aliphatic rings. The highest BCUT2D eigenvalue weighted by atomic mass is 16.5. The van der Waals surface area contributed by atoms with Crippen LogP contribution in [0, 0.1) is 0 Å². The van der Waals surface area contributed by atoms with Crippen LogP contribution in [0.4, 0.5) is 0 Å². The SMILES string of the molecule is CCCC/C=C\CCCCCCCC(=O)OC(CCCCC/C=C/CCCCCCCCCCC)CC(=O)NC(CO)C(O)CCCCCCCCCCCCCC. The molecule has 0 rings (SSSR count). The summed E-state index contributed by atoms with van der Waals surface area (Å²) in [6.45, 7) is 6.45. The molecule has 58 heavy (non-hydrogen) atoms. The molecule has 0 aliphatic carbocycles. The van der Waals surface area contributed by atoms with E-state index in [1.54, 1.807) is 0 Å². The molecule has 0 spiro atoms. The third kappa shape index (κ3) is 41.1. The zero-order chi connectivity index (χ0) is 42.4. The third-order valence-electron chi connectivity index (χ3n) is 11.8. The predicted octanol–water partition coefficient (Wildman–Crippen LogP) is 15.1. The number of hydrogen-bond acceptors (Lipinski definition) is 5. The van der Waals surface area contributed by atoms with Crippen LogP contribution < -0.4 is 5.32 Å². The number of carbonyl (C=O) groups excluding carboxylic acids is 2. The number of aliphatic hydroxyl groups is 2. The monoisotopic (exact) mass is 818 g/mol. The lowest BCUT2D eigenvalue weighted by Gasteiger charge is -2.24. The molecule has 6 heteroatoms. The van der Waals surface area contributed by atoms with Crippen LogP contribution in [-0.4, -0.2) is 46.9 Å². The normalized spacial score (nSPS) is 13.4. The number of allylic oxidation sites excluding steroid dienone is 4. The molecule has 0 bridgehead atoms. The highest BCUT2D eigenvalue weighted by Gasteiger charge is 2.24. The van der Waals surface area contributed by atoms with E-state index in [2.05, 4.69) is 50.4 Å². The Bertz CT molecular complexity index is 919. The van der Waals surface area contributed by atoms with Crippen LogP contribution in [0.25, 0.3) is 0 Å². The molecule has 0 heterocycles. The molecule has 3 unspecified atom stereocenters. The van der Waals surface area contributed by atoms with Crippen molar-refractivity contribution in [3.05, 3.63) is 24.3 Å². The van der Waals surface area contributed by atoms with Gasteiger partial charge in [0.2, 0.25) is 5.91 Å². The quantitative estimate of drug-likeness (QED) is 0.0323. The minimum absolute atomic E-state index is 0.0674. The molecule has 0 radical (unpaired) electrons. The first-order valence-electron chi connectivity index (χ1n) is 25.6. The minimum atomic E-state index is -0.788. The van der Waals surface area contributed by atoms with Gasteiger partial charge in [0.05, 0.1) is 25.2 Å². The van der Waals surface area contributed by atoms with Gasteiger partial charge in [0.25, 0.3) is 0 Å². The van der Waals surface area contributed by atoms with Crippen molar-refractivity contribution in [1.82, 2.24) is 5.32 Å². The largest absolute Gasteiger partial charge is 0.462 e. The van der Waals surface area contributed by atoms with Crippen molar-refractivity contribution in [2.24, 2.45) is 0 Å². The Kier molecular flexibility index (Phi) is 45.1. The van der Waals surface area contributed by atoms with Crippen LogP contribution in [0.5, 0.6) is 0 Å². The van der Waals surface area contributed by atoms with Crippen molar-refractivity contribution in [3.8, 4) is 0 Å². The summed E-state index contributed by atoms with van der Waals surface area (Å²) in [6.07, 6.45) is 52.4. The molecule has 0 fully saturated rings. The average molecular weight is 818 g/mol. The fourth-order valence-corrected chi connectivity index (χ4v) is 7.82. The maximum Gasteiger partial charge on any atom is 0.306 e. The molecule has 0 aromatic carbocycles. The van der Waals surface area contributed by atoms with Gasteiger partial charge in [0.1, 0.15) is 6.10 Å². The molecule has 0 aliphatic heterocycles. The molecule has 0 saturated carbocycles. The molecular formula is C52H99NO5. The van der Waals surface area contributed by atoms with Crippen LogP contribution >= 0.6 is 0 Å². The number of ether oxygens (including phenoxy) is 1. The van der Waals surface area contributed by atoms with Crippen molar-refractivity contribution in [3.63, 3.8) is 0 Å². The number of esters is 1. The molecule has 0 aromatic rings. The Morgan fingerprint density at radius 3 is 1.29 bits per heavy atom. The second-order valence-corrected chi connectivity index (χ2v) is 17.6. The van der Waals surface area contributed by atoms with Gasteiger partial charge in [-0.2, -0.15) is 0 Å². The van der Waals surface area contributed by atoms with Crippen LogP contribution in [0.2, 0.25) is 0 Å². The molecule has 3 N–H and O–H groups in total. The second kappa shape index (κ2) is 46.4. The summed E-state index contributed by atoms with van der Waals surface area (Å²) in [5.41, 5.74) is 0. The van der Waals surface area contributed by atoms with Crippen molar-refractivity contribution < 1.29 is 24.5 Å². The van der Waals surface area contributed by atoms with Crippen molar-refractivity contribution >= 4 is 11.9 Å². The zero-order valence-corrected chi connectivity index (χ0v) is 38.9. The number of aliphatic hydroxyl groups excluding tert-OH is 2. The highest BCUT2D eigenvalue weighted by Crippen LogP contribution is 2.18. The van der Waals surface area contributed by atoms with Crippen molar-refractivity contribution in [2.45, 2.75) is 289 Å². The Hall–Kier alpha value is -1.66. The summed E-state index contributed by atoms with van der Waals surface area (Å²) in [4.78, 5) is 26.1. The maximum absolute atomic E-state index is 13.2. The fourth-order valence-electron chi connectivity index (χ4n) is 7.82. The van der Waals surface area contributed by atoms with Gasteiger partial charge in [-0.05, 0) is 70.6 Å². The molecule has 1 amide bonds. The molecule has 0 aromatic heterocycles. The lowest BCUT2D eigenvalue weighted by atomic mass is 10.0. The minimum Gasteiger partial charge on any atom is -0.462 e. The van der Waals surface area contributed by atoms with Gasteiger partial charge in [-0.25, -0.2) is 0 Å². The summed E-state index contributed by atoms with van der Waals surface area (Å²) in [7, 11) is 0. The molecule has 0 saturated heterocycles. The number of nitrogens with one attached hydrogen (secondary N) is 1. The van der Waals surface area contributed by atoms with Gasteiger partial charge < -0.3 is 20.3 Å². The number of carbonyl (C=O) groups is 2. The molecule has 3 atom stereocenters. The molecule has 342 valence electrons. The van der Waals surface area contributed by atoms with E-state index in [1.807, 2.05) is 0 Å². The number of rotatable bonds is 46. The van der Waals surface area contributed by atoms with E-state index in [0.29, 0.717) is 19.3 Å². The lowest BCUT2D eigenvalue weighted by Crippen LogP contribution is -2.46. The van der Waals surface area contributed by atoms with Crippen LogP contribution in [0.3, 0.4) is 0 Å². The van der Waals surface area contributed by atoms with E-state index < -0.39 is 18.2 Å². The zero-order valence-electron chi connectivity index (χ0n) is 38.9. The lowest BCUT2D eigenvalue weighted by molar-refractivity contribution is -0.151. The van der Waals surface area contributed by atoms with E-state index in [9.17, 15) is 19.8 Å². The topological polar surface area (TPSA) is 95.9 Å². The van der Waals surface area contributed by atoms with Gasteiger partial charge >= 0.3 is 5.97 Å².